The summed E-state index contributed by atoms with van der Waals surface area (Å²) in [5, 5.41) is 0.970. The van der Waals surface area contributed by atoms with Gasteiger partial charge in [-0.25, -0.2) is 0 Å². The van der Waals surface area contributed by atoms with E-state index in [-0.39, 0.29) is 12.6 Å². The summed E-state index contributed by atoms with van der Waals surface area (Å²) in [7, 11) is 0. The molecule has 0 amide bonds. The maximum absolute atomic E-state index is 6.12. The van der Waals surface area contributed by atoms with Crippen molar-refractivity contribution in [3.05, 3.63) is 39.4 Å². The van der Waals surface area contributed by atoms with Crippen molar-refractivity contribution in [3.8, 4) is 5.75 Å². The van der Waals surface area contributed by atoms with Crippen molar-refractivity contribution in [1.29, 1.82) is 0 Å². The molecule has 1 aromatic carbocycles. The Morgan fingerprint density at radius 1 is 1.50 bits per heavy atom. The van der Waals surface area contributed by atoms with Gasteiger partial charge in [0.05, 0.1) is 10.1 Å². The first-order valence-corrected chi connectivity index (χ1v) is 6.88. The minimum atomic E-state index is 0.0878. The molecule has 1 atom stereocenters. The second-order valence-electron chi connectivity index (χ2n) is 3.95. The van der Waals surface area contributed by atoms with E-state index >= 15 is 0 Å². The van der Waals surface area contributed by atoms with Gasteiger partial charge in [0.25, 0.3) is 0 Å². The van der Waals surface area contributed by atoms with Crippen LogP contribution in [0.1, 0.15) is 18.9 Å². The van der Waals surface area contributed by atoms with E-state index in [2.05, 4.69) is 0 Å². The minimum Gasteiger partial charge on any atom is -0.486 e. The highest BCUT2D eigenvalue weighted by Crippen LogP contribution is 2.30. The van der Waals surface area contributed by atoms with Crippen LogP contribution in [-0.4, -0.2) is 12.6 Å². The molecule has 0 bridgehead atoms. The second kappa shape index (κ2) is 7.90. The summed E-state index contributed by atoms with van der Waals surface area (Å²) in [5.74, 6) is 0.625. The molecule has 1 unspecified atom stereocenters. The number of rotatable bonds is 6. The minimum absolute atomic E-state index is 0.0878. The van der Waals surface area contributed by atoms with Crippen LogP contribution in [0.15, 0.2) is 28.8 Å². The quantitative estimate of drug-likeness (QED) is 0.849. The second-order valence-corrected chi connectivity index (χ2v) is 5.06. The molecular weight excluding hydrogens is 293 g/mol. The van der Waals surface area contributed by atoms with Crippen molar-refractivity contribution in [2.75, 3.05) is 6.61 Å². The van der Waals surface area contributed by atoms with Gasteiger partial charge in [0, 0.05) is 11.6 Å². The Bertz CT molecular complexity index is 421. The maximum Gasteiger partial charge on any atom is 0.141 e. The molecule has 2 N–H and O–H groups in total. The zero-order chi connectivity index (χ0) is 13.5. The molecule has 0 heterocycles. The number of para-hydroxylation sites is 1. The standard InChI is InChI=1S/C13H16Cl3NO/c1-2-11(17)6-9-4-3-5-12(16)13(9)18-8-10(15)7-14/h3-5,7,11H,2,6,8,17H2,1H3/b10-7-. The number of hydrogen-bond donors (Lipinski definition) is 1. The average molecular weight is 309 g/mol. The van der Waals surface area contributed by atoms with Crippen molar-refractivity contribution >= 4 is 34.8 Å². The lowest BCUT2D eigenvalue weighted by Crippen LogP contribution is -2.21. The van der Waals surface area contributed by atoms with E-state index in [1.807, 2.05) is 19.1 Å². The van der Waals surface area contributed by atoms with E-state index in [0.717, 1.165) is 12.0 Å². The molecule has 0 saturated carbocycles. The Kier molecular flexibility index (Phi) is 6.87. The molecule has 0 radical (unpaired) electrons. The van der Waals surface area contributed by atoms with Crippen molar-refractivity contribution in [2.45, 2.75) is 25.8 Å². The van der Waals surface area contributed by atoms with Crippen molar-refractivity contribution < 1.29 is 4.74 Å². The van der Waals surface area contributed by atoms with Crippen LogP contribution in [0.5, 0.6) is 5.75 Å². The zero-order valence-electron chi connectivity index (χ0n) is 10.1. The fourth-order valence-electron chi connectivity index (χ4n) is 1.48. The third-order valence-electron chi connectivity index (χ3n) is 2.53. The van der Waals surface area contributed by atoms with Gasteiger partial charge in [-0.15, -0.1) is 0 Å². The third kappa shape index (κ3) is 4.69. The van der Waals surface area contributed by atoms with Crippen LogP contribution in [0.4, 0.5) is 0 Å². The van der Waals surface area contributed by atoms with Gasteiger partial charge < -0.3 is 10.5 Å². The molecule has 18 heavy (non-hydrogen) atoms. The molecule has 2 nitrogen and oxygen atoms in total. The third-order valence-corrected chi connectivity index (χ3v) is 3.42. The SMILES string of the molecule is CCC(N)Cc1cccc(Cl)c1OC/C(Cl)=C/Cl. The Balaban J connectivity index is 2.86. The van der Waals surface area contributed by atoms with Gasteiger partial charge in [-0.05, 0) is 24.5 Å². The first kappa shape index (κ1) is 15.6. The molecule has 0 spiro atoms. The molecule has 100 valence electrons. The summed E-state index contributed by atoms with van der Waals surface area (Å²) in [6.07, 6.45) is 1.61. The van der Waals surface area contributed by atoms with Crippen LogP contribution in [0.2, 0.25) is 5.02 Å². The Labute approximate surface area is 123 Å². The van der Waals surface area contributed by atoms with Crippen LogP contribution in [-0.2, 0) is 6.42 Å². The Morgan fingerprint density at radius 3 is 2.83 bits per heavy atom. The lowest BCUT2D eigenvalue weighted by molar-refractivity contribution is 0.354. The van der Waals surface area contributed by atoms with E-state index in [1.54, 1.807) is 6.07 Å². The summed E-state index contributed by atoms with van der Waals surface area (Å²) in [4.78, 5) is 0. The number of halogens is 3. The van der Waals surface area contributed by atoms with E-state index < -0.39 is 0 Å². The first-order valence-electron chi connectivity index (χ1n) is 5.69. The molecule has 1 rings (SSSR count). The fraction of sp³-hybridized carbons (Fsp3) is 0.385. The Morgan fingerprint density at radius 2 is 2.22 bits per heavy atom. The smallest absolute Gasteiger partial charge is 0.141 e. The average Bonchev–Trinajstić information content (AvgIpc) is 2.37. The summed E-state index contributed by atoms with van der Waals surface area (Å²) in [6.45, 7) is 2.24. The zero-order valence-corrected chi connectivity index (χ0v) is 12.4. The summed E-state index contributed by atoms with van der Waals surface area (Å²) < 4.78 is 5.59. The lowest BCUT2D eigenvalue weighted by atomic mass is 10.0. The summed E-state index contributed by atoms with van der Waals surface area (Å²) in [5.41, 5.74) is 8.20. The maximum atomic E-state index is 6.12. The molecular formula is C13H16Cl3NO. The monoisotopic (exact) mass is 307 g/mol. The Hall–Kier alpha value is -0.410. The van der Waals surface area contributed by atoms with Gasteiger partial charge in [-0.2, -0.15) is 0 Å². The predicted molar refractivity (Wildman–Crippen MR) is 78.7 cm³/mol. The van der Waals surface area contributed by atoms with Gasteiger partial charge in [-0.3, -0.25) is 0 Å². The normalized spacial score (nSPS) is 13.5. The summed E-state index contributed by atoms with van der Waals surface area (Å²) >= 11 is 17.4. The first-order chi connectivity index (χ1) is 8.58. The van der Waals surface area contributed by atoms with E-state index in [0.29, 0.717) is 22.2 Å². The van der Waals surface area contributed by atoms with E-state index in [9.17, 15) is 0 Å². The van der Waals surface area contributed by atoms with Crippen LogP contribution >= 0.6 is 34.8 Å². The molecule has 5 heteroatoms. The number of benzene rings is 1. The fourth-order valence-corrected chi connectivity index (χ4v) is 1.84. The van der Waals surface area contributed by atoms with Crippen LogP contribution in [0.25, 0.3) is 0 Å². The molecule has 0 aromatic heterocycles. The van der Waals surface area contributed by atoms with Gasteiger partial charge in [0.15, 0.2) is 0 Å². The predicted octanol–water partition coefficient (Wildman–Crippen LogP) is 4.32. The van der Waals surface area contributed by atoms with Crippen molar-refractivity contribution in [3.63, 3.8) is 0 Å². The lowest BCUT2D eigenvalue weighted by Gasteiger charge is -2.15. The van der Waals surface area contributed by atoms with Crippen molar-refractivity contribution in [1.82, 2.24) is 0 Å². The van der Waals surface area contributed by atoms with Gasteiger partial charge in [0.1, 0.15) is 12.4 Å². The summed E-state index contributed by atoms with van der Waals surface area (Å²) in [6, 6.07) is 5.70. The molecule has 0 aliphatic carbocycles. The van der Waals surface area contributed by atoms with Gasteiger partial charge in [-0.1, -0.05) is 53.9 Å². The number of ether oxygens (including phenoxy) is 1. The van der Waals surface area contributed by atoms with E-state index in [1.165, 1.54) is 5.54 Å². The van der Waals surface area contributed by atoms with E-state index in [4.69, 9.17) is 45.3 Å². The largest absolute Gasteiger partial charge is 0.486 e. The van der Waals surface area contributed by atoms with Crippen molar-refractivity contribution in [2.24, 2.45) is 5.73 Å². The molecule has 1 aromatic rings. The molecule has 0 aliphatic heterocycles. The molecule has 0 aliphatic rings. The van der Waals surface area contributed by atoms with Crippen LogP contribution < -0.4 is 10.5 Å². The highest BCUT2D eigenvalue weighted by atomic mass is 35.5. The van der Waals surface area contributed by atoms with Crippen LogP contribution in [0.3, 0.4) is 0 Å². The van der Waals surface area contributed by atoms with Gasteiger partial charge >= 0.3 is 0 Å². The highest BCUT2D eigenvalue weighted by Gasteiger charge is 2.11. The van der Waals surface area contributed by atoms with Crippen LogP contribution in [0, 0.1) is 0 Å². The van der Waals surface area contributed by atoms with Gasteiger partial charge in [0.2, 0.25) is 0 Å². The number of hydrogen-bond acceptors (Lipinski definition) is 2. The topological polar surface area (TPSA) is 35.2 Å². The number of nitrogens with two attached hydrogens (primary N) is 1. The highest BCUT2D eigenvalue weighted by molar-refractivity contribution is 6.36. The molecule has 0 saturated heterocycles. The molecule has 0 fully saturated rings.